The third kappa shape index (κ3) is 5.17. The van der Waals surface area contributed by atoms with Gasteiger partial charge < -0.3 is 0 Å². The molecule has 0 amide bonds. The van der Waals surface area contributed by atoms with Crippen LogP contribution >= 0.6 is 27.7 Å². The summed E-state index contributed by atoms with van der Waals surface area (Å²) in [6.07, 6.45) is 5.55. The molecule has 0 spiro atoms. The molecule has 2 heteroatoms. The minimum atomic E-state index is 1.06. The molecule has 0 saturated heterocycles. The van der Waals surface area contributed by atoms with Crippen molar-refractivity contribution in [1.29, 1.82) is 0 Å². The fraction of sp³-hybridized carbons (Fsp3) is 0.273. The molecule has 0 saturated carbocycles. The second-order valence-electron chi connectivity index (χ2n) is 2.57. The molecule has 0 bridgehead atoms. The van der Waals surface area contributed by atoms with Crippen LogP contribution in [0.25, 0.3) is 0 Å². The predicted molar refractivity (Wildman–Crippen MR) is 64.7 cm³/mol. The van der Waals surface area contributed by atoms with Gasteiger partial charge >= 0.3 is 0 Å². The molecular weight excluding hydrogens is 244 g/mol. The normalized spacial score (nSPS) is 10.8. The van der Waals surface area contributed by atoms with Gasteiger partial charge in [0, 0.05) is 16.0 Å². The van der Waals surface area contributed by atoms with E-state index in [1.165, 1.54) is 4.90 Å². The van der Waals surface area contributed by atoms with Crippen molar-refractivity contribution in [2.45, 2.75) is 11.3 Å². The van der Waals surface area contributed by atoms with E-state index in [0.717, 1.165) is 17.5 Å². The van der Waals surface area contributed by atoms with Crippen LogP contribution in [-0.2, 0) is 0 Å². The Kier molecular flexibility index (Phi) is 6.03. The summed E-state index contributed by atoms with van der Waals surface area (Å²) >= 11 is 5.26. The Labute approximate surface area is 92.6 Å². The third-order valence-corrected chi connectivity index (χ3v) is 2.95. The van der Waals surface area contributed by atoms with Gasteiger partial charge in [-0.3, -0.25) is 0 Å². The lowest BCUT2D eigenvalue weighted by Crippen LogP contribution is -1.73. The Hall–Kier alpha value is -0.210. The first-order chi connectivity index (χ1) is 6.43. The van der Waals surface area contributed by atoms with Gasteiger partial charge in [0.05, 0.1) is 0 Å². The van der Waals surface area contributed by atoms with Crippen LogP contribution in [-0.4, -0.2) is 11.1 Å². The van der Waals surface area contributed by atoms with Crippen LogP contribution in [0.1, 0.15) is 6.42 Å². The van der Waals surface area contributed by atoms with Gasteiger partial charge in [-0.1, -0.05) is 46.3 Å². The van der Waals surface area contributed by atoms with Gasteiger partial charge in [0.25, 0.3) is 0 Å². The Morgan fingerprint density at radius 1 is 1.15 bits per heavy atom. The van der Waals surface area contributed by atoms with Crippen LogP contribution in [0.15, 0.2) is 47.4 Å². The van der Waals surface area contributed by atoms with Crippen molar-refractivity contribution in [2.24, 2.45) is 0 Å². The average molecular weight is 257 g/mol. The lowest BCUT2D eigenvalue weighted by Gasteiger charge is -1.95. The number of thioether (sulfide) groups is 1. The summed E-state index contributed by atoms with van der Waals surface area (Å²) in [7, 11) is 0. The van der Waals surface area contributed by atoms with Crippen molar-refractivity contribution in [3.05, 3.63) is 42.5 Å². The van der Waals surface area contributed by atoms with Gasteiger partial charge in [0.15, 0.2) is 0 Å². The standard InChI is InChI=1S/C11H13BrS/c12-9-5-2-6-10-13-11-7-3-1-4-8-11/h1-4,6-8H,5,9-10H2/b6-2+. The summed E-state index contributed by atoms with van der Waals surface area (Å²) in [5.74, 6) is 1.07. The first-order valence-electron chi connectivity index (χ1n) is 4.32. The number of allylic oxidation sites excluding steroid dienone is 1. The van der Waals surface area contributed by atoms with Crippen molar-refractivity contribution < 1.29 is 0 Å². The molecule has 70 valence electrons. The number of rotatable bonds is 5. The van der Waals surface area contributed by atoms with Gasteiger partial charge in [-0.05, 0) is 18.6 Å². The second-order valence-corrected chi connectivity index (χ2v) is 4.46. The molecule has 0 aromatic heterocycles. The molecule has 1 aromatic carbocycles. The Bertz CT molecular complexity index is 244. The van der Waals surface area contributed by atoms with E-state index in [0.29, 0.717) is 0 Å². The van der Waals surface area contributed by atoms with Crippen molar-refractivity contribution >= 4 is 27.7 Å². The Morgan fingerprint density at radius 3 is 2.62 bits per heavy atom. The molecule has 1 aromatic rings. The maximum atomic E-state index is 3.39. The summed E-state index contributed by atoms with van der Waals surface area (Å²) in [6.45, 7) is 0. The maximum absolute atomic E-state index is 3.39. The minimum Gasteiger partial charge on any atom is -0.122 e. The molecule has 0 aliphatic rings. The fourth-order valence-electron chi connectivity index (χ4n) is 0.910. The predicted octanol–water partition coefficient (Wildman–Crippen LogP) is 4.12. The number of hydrogen-bond acceptors (Lipinski definition) is 1. The topological polar surface area (TPSA) is 0 Å². The van der Waals surface area contributed by atoms with E-state index < -0.39 is 0 Å². The first kappa shape index (κ1) is 10.9. The zero-order chi connectivity index (χ0) is 9.36. The lowest BCUT2D eigenvalue weighted by molar-refractivity contribution is 1.25. The SMILES string of the molecule is BrCC/C=C/CSc1ccccc1. The van der Waals surface area contributed by atoms with Crippen LogP contribution in [0.3, 0.4) is 0 Å². The van der Waals surface area contributed by atoms with Crippen LogP contribution in [0.5, 0.6) is 0 Å². The van der Waals surface area contributed by atoms with E-state index in [2.05, 4.69) is 52.3 Å². The van der Waals surface area contributed by atoms with Crippen LogP contribution in [0.4, 0.5) is 0 Å². The van der Waals surface area contributed by atoms with Gasteiger partial charge in [0.2, 0.25) is 0 Å². The molecule has 13 heavy (non-hydrogen) atoms. The van der Waals surface area contributed by atoms with E-state index in [9.17, 15) is 0 Å². The monoisotopic (exact) mass is 256 g/mol. The minimum absolute atomic E-state index is 1.06. The summed E-state index contributed by atoms with van der Waals surface area (Å²) < 4.78 is 0. The van der Waals surface area contributed by atoms with Crippen LogP contribution in [0.2, 0.25) is 0 Å². The quantitative estimate of drug-likeness (QED) is 0.434. The molecule has 0 aliphatic heterocycles. The fourth-order valence-corrected chi connectivity index (χ4v) is 1.95. The molecule has 0 N–H and O–H groups in total. The van der Waals surface area contributed by atoms with E-state index in [4.69, 9.17) is 0 Å². The highest BCUT2D eigenvalue weighted by molar-refractivity contribution is 9.09. The van der Waals surface area contributed by atoms with E-state index >= 15 is 0 Å². The molecule has 1 rings (SSSR count). The first-order valence-corrected chi connectivity index (χ1v) is 6.43. The van der Waals surface area contributed by atoms with Crippen molar-refractivity contribution in [2.75, 3.05) is 11.1 Å². The van der Waals surface area contributed by atoms with Gasteiger partial charge in [-0.15, -0.1) is 11.8 Å². The zero-order valence-electron chi connectivity index (χ0n) is 7.45. The molecule has 0 radical (unpaired) electrons. The van der Waals surface area contributed by atoms with Crippen molar-refractivity contribution in [3.8, 4) is 0 Å². The zero-order valence-corrected chi connectivity index (χ0v) is 9.85. The number of hydrogen-bond donors (Lipinski definition) is 0. The molecule has 0 nitrogen and oxygen atoms in total. The highest BCUT2D eigenvalue weighted by Crippen LogP contribution is 2.16. The number of halogens is 1. The molecule has 0 fully saturated rings. The van der Waals surface area contributed by atoms with Crippen LogP contribution < -0.4 is 0 Å². The second kappa shape index (κ2) is 7.22. The highest BCUT2D eigenvalue weighted by atomic mass is 79.9. The molecule has 0 atom stereocenters. The summed E-state index contributed by atoms with van der Waals surface area (Å²) in [5.41, 5.74) is 0. The lowest BCUT2D eigenvalue weighted by atomic mass is 10.4. The smallest absolute Gasteiger partial charge is 0.0160 e. The Morgan fingerprint density at radius 2 is 1.92 bits per heavy atom. The third-order valence-electron chi connectivity index (χ3n) is 1.53. The number of alkyl halides is 1. The molecule has 0 aliphatic carbocycles. The van der Waals surface area contributed by atoms with Crippen molar-refractivity contribution in [3.63, 3.8) is 0 Å². The highest BCUT2D eigenvalue weighted by Gasteiger charge is 1.87. The van der Waals surface area contributed by atoms with Crippen molar-refractivity contribution in [1.82, 2.24) is 0 Å². The van der Waals surface area contributed by atoms with E-state index in [1.54, 1.807) is 0 Å². The van der Waals surface area contributed by atoms with Gasteiger partial charge in [0.1, 0.15) is 0 Å². The van der Waals surface area contributed by atoms with Gasteiger partial charge in [-0.25, -0.2) is 0 Å². The van der Waals surface area contributed by atoms with Crippen LogP contribution in [0, 0.1) is 0 Å². The Balaban J connectivity index is 2.20. The van der Waals surface area contributed by atoms with E-state index in [-0.39, 0.29) is 0 Å². The molecule has 0 unspecified atom stereocenters. The largest absolute Gasteiger partial charge is 0.122 e. The van der Waals surface area contributed by atoms with Gasteiger partial charge in [-0.2, -0.15) is 0 Å². The van der Waals surface area contributed by atoms with E-state index in [1.807, 2.05) is 17.8 Å². The average Bonchev–Trinajstić information content (AvgIpc) is 2.19. The molecule has 0 heterocycles. The summed E-state index contributed by atoms with van der Waals surface area (Å²) in [5, 5.41) is 1.06. The number of benzene rings is 1. The maximum Gasteiger partial charge on any atom is 0.0160 e. The summed E-state index contributed by atoms with van der Waals surface area (Å²) in [6, 6.07) is 10.5. The molecular formula is C11H13BrS. The summed E-state index contributed by atoms with van der Waals surface area (Å²) in [4.78, 5) is 1.34.